The van der Waals surface area contributed by atoms with Crippen molar-refractivity contribution in [3.05, 3.63) is 78.4 Å². The number of H-pyrrole nitrogens is 1. The Balaban J connectivity index is 1.59. The molecule has 140 valence electrons. The number of nitrogens with one attached hydrogen (secondary N) is 1. The Hall–Kier alpha value is -2.30. The lowest BCUT2D eigenvalue weighted by molar-refractivity contribution is 0.242. The first-order valence-electron chi connectivity index (χ1n) is 9.49. The van der Waals surface area contributed by atoms with Crippen LogP contribution in [0.25, 0.3) is 22.2 Å². The van der Waals surface area contributed by atoms with Crippen LogP contribution in [0.15, 0.2) is 82.6 Å². The lowest BCUT2D eigenvalue weighted by Gasteiger charge is -2.13. The van der Waals surface area contributed by atoms with E-state index in [9.17, 15) is 0 Å². The van der Waals surface area contributed by atoms with E-state index in [0.717, 1.165) is 5.75 Å². The van der Waals surface area contributed by atoms with Crippen molar-refractivity contribution in [1.29, 1.82) is 0 Å². The Bertz CT molecular complexity index is 1110. The molecule has 2 heterocycles. The molecule has 0 fully saturated rings. The van der Waals surface area contributed by atoms with Gasteiger partial charge >= 0.3 is 0 Å². The molecule has 0 saturated heterocycles. The molecule has 4 heteroatoms. The molecule has 28 heavy (non-hydrogen) atoms. The minimum atomic E-state index is 0.180. The molecular formula is C24H21NOS2. The average molecular weight is 404 g/mol. The van der Waals surface area contributed by atoms with Gasteiger partial charge in [-0.25, -0.2) is 0 Å². The highest BCUT2D eigenvalue weighted by Gasteiger charge is 2.29. The van der Waals surface area contributed by atoms with Gasteiger partial charge in [0, 0.05) is 26.3 Å². The van der Waals surface area contributed by atoms with Gasteiger partial charge in [0.25, 0.3) is 0 Å². The maximum absolute atomic E-state index is 5.82. The minimum absolute atomic E-state index is 0.180. The van der Waals surface area contributed by atoms with Crippen LogP contribution >= 0.6 is 23.5 Å². The molecule has 0 saturated carbocycles. The molecule has 4 aromatic rings. The number of thioether (sulfide) groups is 2. The van der Waals surface area contributed by atoms with Gasteiger partial charge in [-0.2, -0.15) is 0 Å². The van der Waals surface area contributed by atoms with Gasteiger partial charge in [0.15, 0.2) is 0 Å². The molecule has 3 aromatic carbocycles. The van der Waals surface area contributed by atoms with Gasteiger partial charge in [0.2, 0.25) is 0 Å². The number of ether oxygens (including phenoxy) is 1. The zero-order valence-electron chi connectivity index (χ0n) is 15.8. The van der Waals surface area contributed by atoms with E-state index in [1.807, 2.05) is 23.5 Å². The maximum atomic E-state index is 5.82. The molecule has 1 aromatic heterocycles. The SMILES string of the molecule is CC(C)Oc1ccc(-c2[nH]c3ccccc3c2C2Sc3ccccc3S2)cc1. The number of fused-ring (bicyclic) bond motifs is 2. The Morgan fingerprint density at radius 2 is 1.46 bits per heavy atom. The average Bonchev–Trinajstić information content (AvgIpc) is 3.29. The van der Waals surface area contributed by atoms with E-state index in [1.165, 1.54) is 37.5 Å². The molecule has 1 aliphatic rings. The third-order valence-corrected chi connectivity index (χ3v) is 7.64. The number of aromatic nitrogens is 1. The summed E-state index contributed by atoms with van der Waals surface area (Å²) in [7, 11) is 0. The molecule has 0 aliphatic carbocycles. The fourth-order valence-corrected chi connectivity index (χ4v) is 6.60. The molecule has 0 amide bonds. The number of hydrogen-bond acceptors (Lipinski definition) is 3. The molecular weight excluding hydrogens is 382 g/mol. The summed E-state index contributed by atoms with van der Waals surface area (Å²) in [5.74, 6) is 0.911. The van der Waals surface area contributed by atoms with Gasteiger partial charge < -0.3 is 9.72 Å². The van der Waals surface area contributed by atoms with Gasteiger partial charge in [0.1, 0.15) is 5.75 Å². The van der Waals surface area contributed by atoms with Crippen molar-refractivity contribution in [2.24, 2.45) is 0 Å². The van der Waals surface area contributed by atoms with Crippen LogP contribution in [0.3, 0.4) is 0 Å². The third-order valence-electron chi connectivity index (χ3n) is 4.81. The number of aromatic amines is 1. The predicted octanol–water partition coefficient (Wildman–Crippen LogP) is 7.52. The molecule has 0 unspecified atom stereocenters. The van der Waals surface area contributed by atoms with Gasteiger partial charge in [-0.1, -0.05) is 30.3 Å². The second-order valence-electron chi connectivity index (χ2n) is 7.16. The van der Waals surface area contributed by atoms with Crippen molar-refractivity contribution in [3.8, 4) is 17.0 Å². The number of para-hydroxylation sites is 1. The van der Waals surface area contributed by atoms with Crippen molar-refractivity contribution in [2.45, 2.75) is 34.3 Å². The molecule has 0 atom stereocenters. The van der Waals surface area contributed by atoms with Crippen LogP contribution in [-0.2, 0) is 0 Å². The van der Waals surface area contributed by atoms with Crippen LogP contribution in [0.5, 0.6) is 5.75 Å². The summed E-state index contributed by atoms with van der Waals surface area (Å²) >= 11 is 3.89. The van der Waals surface area contributed by atoms with Gasteiger partial charge in [-0.15, -0.1) is 23.5 Å². The summed E-state index contributed by atoms with van der Waals surface area (Å²) in [6, 6.07) is 25.7. The summed E-state index contributed by atoms with van der Waals surface area (Å²) in [6.07, 6.45) is 0.180. The summed E-state index contributed by atoms with van der Waals surface area (Å²) < 4.78 is 6.16. The first-order chi connectivity index (χ1) is 13.7. The second kappa shape index (κ2) is 7.26. The van der Waals surface area contributed by atoms with Crippen molar-refractivity contribution < 1.29 is 4.74 Å². The molecule has 1 aliphatic heterocycles. The highest BCUT2D eigenvalue weighted by molar-refractivity contribution is 8.19. The summed E-state index contributed by atoms with van der Waals surface area (Å²) in [4.78, 5) is 6.42. The monoisotopic (exact) mass is 403 g/mol. The highest BCUT2D eigenvalue weighted by Crippen LogP contribution is 2.59. The van der Waals surface area contributed by atoms with E-state index in [1.54, 1.807) is 0 Å². The smallest absolute Gasteiger partial charge is 0.119 e. The van der Waals surface area contributed by atoms with E-state index >= 15 is 0 Å². The number of hydrogen-bond donors (Lipinski definition) is 1. The largest absolute Gasteiger partial charge is 0.491 e. The molecule has 2 nitrogen and oxygen atoms in total. The van der Waals surface area contributed by atoms with Crippen molar-refractivity contribution in [3.63, 3.8) is 0 Å². The fourth-order valence-electron chi connectivity index (χ4n) is 3.63. The second-order valence-corrected chi connectivity index (χ2v) is 9.76. The predicted molar refractivity (Wildman–Crippen MR) is 120 cm³/mol. The van der Waals surface area contributed by atoms with E-state index in [4.69, 9.17) is 4.74 Å². The summed E-state index contributed by atoms with van der Waals surface area (Å²) in [6.45, 7) is 4.10. The van der Waals surface area contributed by atoms with Crippen molar-refractivity contribution in [2.75, 3.05) is 0 Å². The van der Waals surface area contributed by atoms with Crippen LogP contribution in [0, 0.1) is 0 Å². The Labute approximate surface area is 173 Å². The summed E-state index contributed by atoms with van der Waals surface area (Å²) in [5.41, 5.74) is 4.96. The van der Waals surface area contributed by atoms with Crippen LogP contribution in [-0.4, -0.2) is 11.1 Å². The van der Waals surface area contributed by atoms with Gasteiger partial charge in [0.05, 0.1) is 16.4 Å². The molecule has 0 bridgehead atoms. The van der Waals surface area contributed by atoms with Crippen LogP contribution in [0.1, 0.15) is 24.0 Å². The molecule has 0 radical (unpaired) electrons. The summed E-state index contributed by atoms with van der Waals surface area (Å²) in [5, 5.41) is 1.30. The normalized spacial score (nSPS) is 14.0. The lowest BCUT2D eigenvalue weighted by Crippen LogP contribution is -2.05. The van der Waals surface area contributed by atoms with Gasteiger partial charge in [-0.3, -0.25) is 0 Å². The Morgan fingerprint density at radius 3 is 2.14 bits per heavy atom. The molecule has 0 spiro atoms. The highest BCUT2D eigenvalue weighted by atomic mass is 32.2. The first kappa shape index (κ1) is 17.8. The van der Waals surface area contributed by atoms with Crippen LogP contribution in [0.4, 0.5) is 0 Å². The standard InChI is InChI=1S/C24H21NOS2/c1-15(2)26-17-13-11-16(12-14-17)23-22(18-7-3-4-8-19(18)25-23)24-27-20-9-5-6-10-21(20)28-24/h3-15,24-25H,1-2H3. The Kier molecular flexibility index (Phi) is 4.61. The van der Waals surface area contributed by atoms with Crippen molar-refractivity contribution >= 4 is 34.4 Å². The van der Waals surface area contributed by atoms with Crippen LogP contribution in [0.2, 0.25) is 0 Å². The van der Waals surface area contributed by atoms with Crippen LogP contribution < -0.4 is 4.74 Å². The molecule has 1 N–H and O–H groups in total. The Morgan fingerprint density at radius 1 is 0.821 bits per heavy atom. The van der Waals surface area contributed by atoms with Gasteiger partial charge in [-0.05, 0) is 61.9 Å². The van der Waals surface area contributed by atoms with E-state index in [0.29, 0.717) is 4.58 Å². The van der Waals surface area contributed by atoms with E-state index in [2.05, 4.69) is 91.6 Å². The zero-order chi connectivity index (χ0) is 19.1. The number of rotatable bonds is 4. The lowest BCUT2D eigenvalue weighted by atomic mass is 10.1. The number of benzene rings is 3. The zero-order valence-corrected chi connectivity index (χ0v) is 17.4. The third kappa shape index (κ3) is 3.21. The quantitative estimate of drug-likeness (QED) is 0.381. The molecule has 5 rings (SSSR count). The fraction of sp³-hybridized carbons (Fsp3) is 0.167. The van der Waals surface area contributed by atoms with E-state index in [-0.39, 0.29) is 6.10 Å². The van der Waals surface area contributed by atoms with E-state index < -0.39 is 0 Å². The van der Waals surface area contributed by atoms with Crippen molar-refractivity contribution in [1.82, 2.24) is 4.98 Å². The first-order valence-corrected chi connectivity index (χ1v) is 11.2. The maximum Gasteiger partial charge on any atom is 0.119 e. The minimum Gasteiger partial charge on any atom is -0.491 e. The topological polar surface area (TPSA) is 25.0 Å².